The molecule has 0 unspecified atom stereocenters. The fraction of sp³-hybridized carbons (Fsp3) is 0.421. The van der Waals surface area contributed by atoms with Gasteiger partial charge in [0.2, 0.25) is 11.8 Å². The van der Waals surface area contributed by atoms with Gasteiger partial charge in [0, 0.05) is 37.9 Å². The fourth-order valence-corrected chi connectivity index (χ4v) is 2.40. The number of nitrogens with one attached hydrogen (secondary N) is 3. The van der Waals surface area contributed by atoms with Gasteiger partial charge >= 0.3 is 0 Å². The molecule has 0 spiro atoms. The van der Waals surface area contributed by atoms with Gasteiger partial charge in [0.25, 0.3) is 0 Å². The van der Waals surface area contributed by atoms with Gasteiger partial charge in [-0.15, -0.1) is 0 Å². The number of nitrogens with zero attached hydrogens (tertiary/aromatic N) is 1. The summed E-state index contributed by atoms with van der Waals surface area (Å²) in [5.41, 5.74) is 0.939. The van der Waals surface area contributed by atoms with E-state index in [1.165, 1.54) is 0 Å². The van der Waals surface area contributed by atoms with Gasteiger partial charge in [0.1, 0.15) is 5.82 Å². The molecule has 2 rings (SSSR count). The van der Waals surface area contributed by atoms with E-state index in [4.69, 9.17) is 0 Å². The van der Waals surface area contributed by atoms with E-state index in [1.807, 2.05) is 50.2 Å². The number of rotatable bonds is 9. The lowest BCUT2D eigenvalue weighted by Gasteiger charge is -2.09. The Kier molecular flexibility index (Phi) is 7.19. The lowest BCUT2D eigenvalue weighted by atomic mass is 10.1. The van der Waals surface area contributed by atoms with Crippen molar-refractivity contribution in [2.24, 2.45) is 5.92 Å². The molecular formula is C19H26N4O2. The summed E-state index contributed by atoms with van der Waals surface area (Å²) in [6, 6.07) is 11.9. The van der Waals surface area contributed by atoms with Crippen molar-refractivity contribution in [1.29, 1.82) is 0 Å². The Labute approximate surface area is 148 Å². The molecule has 0 radical (unpaired) electrons. The Balaban J connectivity index is 1.61. The molecule has 25 heavy (non-hydrogen) atoms. The van der Waals surface area contributed by atoms with Crippen LogP contribution in [0, 0.1) is 5.92 Å². The van der Waals surface area contributed by atoms with Crippen molar-refractivity contribution in [3.05, 3.63) is 36.4 Å². The Hall–Kier alpha value is -2.63. The normalized spacial score (nSPS) is 10.7. The van der Waals surface area contributed by atoms with E-state index in [9.17, 15) is 9.59 Å². The molecular weight excluding hydrogens is 316 g/mol. The van der Waals surface area contributed by atoms with Crippen molar-refractivity contribution in [3.8, 4) is 0 Å². The lowest BCUT2D eigenvalue weighted by molar-refractivity contribution is -0.122. The number of carbonyl (C=O) groups is 2. The van der Waals surface area contributed by atoms with Crippen LogP contribution < -0.4 is 16.0 Å². The van der Waals surface area contributed by atoms with Crippen LogP contribution >= 0.6 is 0 Å². The number of carbonyl (C=O) groups excluding carboxylic acids is 2. The van der Waals surface area contributed by atoms with Crippen LogP contribution in [-0.4, -0.2) is 36.4 Å². The van der Waals surface area contributed by atoms with Gasteiger partial charge in [0.05, 0.1) is 5.52 Å². The first-order chi connectivity index (χ1) is 12.0. The van der Waals surface area contributed by atoms with Crippen LogP contribution in [0.1, 0.15) is 26.7 Å². The van der Waals surface area contributed by atoms with Gasteiger partial charge in [0.15, 0.2) is 0 Å². The standard InChI is InChI=1S/C19H26N4O2/c1-14(2)13-19(25)21-10-9-18(24)22-12-11-20-17-8-7-15-5-3-4-6-16(15)23-17/h3-8,14H,9-13H2,1-2H3,(H,20,23)(H,21,25)(H,22,24). The highest BCUT2D eigenvalue weighted by molar-refractivity contribution is 5.80. The van der Waals surface area contributed by atoms with Crippen molar-refractivity contribution in [2.75, 3.05) is 25.0 Å². The highest BCUT2D eigenvalue weighted by atomic mass is 16.2. The second-order valence-electron chi connectivity index (χ2n) is 6.36. The predicted molar refractivity (Wildman–Crippen MR) is 100 cm³/mol. The summed E-state index contributed by atoms with van der Waals surface area (Å²) in [4.78, 5) is 27.7. The third-order valence-electron chi connectivity index (χ3n) is 3.62. The number of amides is 2. The SMILES string of the molecule is CC(C)CC(=O)NCCC(=O)NCCNc1ccc2ccccc2n1. The van der Waals surface area contributed by atoms with E-state index in [-0.39, 0.29) is 18.2 Å². The summed E-state index contributed by atoms with van der Waals surface area (Å²) < 4.78 is 0. The number of para-hydroxylation sites is 1. The second kappa shape index (κ2) is 9.61. The largest absolute Gasteiger partial charge is 0.368 e. The molecule has 134 valence electrons. The maximum absolute atomic E-state index is 11.7. The first-order valence-corrected chi connectivity index (χ1v) is 8.67. The minimum atomic E-state index is -0.0712. The molecule has 0 aliphatic carbocycles. The average molecular weight is 342 g/mol. The summed E-state index contributed by atoms with van der Waals surface area (Å²) in [5.74, 6) is 1.03. The quantitative estimate of drug-likeness (QED) is 0.611. The number of benzene rings is 1. The Morgan fingerprint density at radius 2 is 1.72 bits per heavy atom. The zero-order valence-corrected chi connectivity index (χ0v) is 14.8. The molecule has 0 bridgehead atoms. The van der Waals surface area contributed by atoms with Crippen LogP contribution in [0.2, 0.25) is 0 Å². The molecule has 0 aliphatic rings. The molecule has 0 atom stereocenters. The number of aromatic nitrogens is 1. The highest BCUT2D eigenvalue weighted by Gasteiger charge is 2.06. The van der Waals surface area contributed by atoms with E-state index >= 15 is 0 Å². The van der Waals surface area contributed by atoms with Crippen molar-refractivity contribution < 1.29 is 9.59 Å². The van der Waals surface area contributed by atoms with Crippen LogP contribution in [-0.2, 0) is 9.59 Å². The van der Waals surface area contributed by atoms with Gasteiger partial charge in [-0.2, -0.15) is 0 Å². The van der Waals surface area contributed by atoms with E-state index < -0.39 is 0 Å². The van der Waals surface area contributed by atoms with Gasteiger partial charge in [-0.05, 0) is 24.1 Å². The molecule has 6 nitrogen and oxygen atoms in total. The number of hydrogen-bond donors (Lipinski definition) is 3. The average Bonchev–Trinajstić information content (AvgIpc) is 2.58. The molecule has 0 saturated heterocycles. The zero-order chi connectivity index (χ0) is 18.1. The number of anilines is 1. The maximum Gasteiger partial charge on any atom is 0.221 e. The number of hydrogen-bond acceptors (Lipinski definition) is 4. The molecule has 1 heterocycles. The smallest absolute Gasteiger partial charge is 0.221 e. The molecule has 0 aliphatic heterocycles. The van der Waals surface area contributed by atoms with Gasteiger partial charge in [-0.1, -0.05) is 32.0 Å². The van der Waals surface area contributed by atoms with Gasteiger partial charge in [-0.3, -0.25) is 9.59 Å². The Bertz CT molecular complexity index is 715. The summed E-state index contributed by atoms with van der Waals surface area (Å²) in [7, 11) is 0. The first kappa shape index (κ1) is 18.7. The Morgan fingerprint density at radius 1 is 0.960 bits per heavy atom. The fourth-order valence-electron chi connectivity index (χ4n) is 2.40. The van der Waals surface area contributed by atoms with Crippen LogP contribution in [0.15, 0.2) is 36.4 Å². The van der Waals surface area contributed by atoms with Crippen molar-refractivity contribution in [3.63, 3.8) is 0 Å². The van der Waals surface area contributed by atoms with E-state index in [1.54, 1.807) is 0 Å². The van der Waals surface area contributed by atoms with Crippen LogP contribution in [0.4, 0.5) is 5.82 Å². The monoisotopic (exact) mass is 342 g/mol. The molecule has 2 amide bonds. The molecule has 0 fully saturated rings. The maximum atomic E-state index is 11.7. The third kappa shape index (κ3) is 6.79. The molecule has 2 aromatic rings. The lowest BCUT2D eigenvalue weighted by Crippen LogP contribution is -2.33. The van der Waals surface area contributed by atoms with E-state index in [2.05, 4.69) is 20.9 Å². The van der Waals surface area contributed by atoms with E-state index in [0.717, 1.165) is 16.7 Å². The van der Waals surface area contributed by atoms with Crippen LogP contribution in [0.5, 0.6) is 0 Å². The summed E-state index contributed by atoms with van der Waals surface area (Å²) >= 11 is 0. The Morgan fingerprint density at radius 3 is 2.52 bits per heavy atom. The number of pyridine rings is 1. The van der Waals surface area contributed by atoms with Crippen molar-refractivity contribution in [2.45, 2.75) is 26.7 Å². The molecule has 3 N–H and O–H groups in total. The predicted octanol–water partition coefficient (Wildman–Crippen LogP) is 2.32. The van der Waals surface area contributed by atoms with Gasteiger partial charge < -0.3 is 16.0 Å². The summed E-state index contributed by atoms with van der Waals surface area (Å²) in [5, 5.41) is 9.87. The van der Waals surface area contributed by atoms with Crippen LogP contribution in [0.3, 0.4) is 0 Å². The molecule has 1 aromatic carbocycles. The zero-order valence-electron chi connectivity index (χ0n) is 14.8. The highest BCUT2D eigenvalue weighted by Crippen LogP contribution is 2.14. The first-order valence-electron chi connectivity index (χ1n) is 8.67. The number of fused-ring (bicyclic) bond motifs is 1. The summed E-state index contributed by atoms with van der Waals surface area (Å²) in [6.45, 7) is 5.45. The third-order valence-corrected chi connectivity index (χ3v) is 3.62. The summed E-state index contributed by atoms with van der Waals surface area (Å²) in [6.07, 6.45) is 0.780. The topological polar surface area (TPSA) is 83.1 Å². The minimum absolute atomic E-state index is 0.00755. The van der Waals surface area contributed by atoms with E-state index in [0.29, 0.717) is 32.0 Å². The van der Waals surface area contributed by atoms with Crippen LogP contribution in [0.25, 0.3) is 10.9 Å². The van der Waals surface area contributed by atoms with Crippen molar-refractivity contribution in [1.82, 2.24) is 15.6 Å². The van der Waals surface area contributed by atoms with Crippen molar-refractivity contribution >= 4 is 28.5 Å². The minimum Gasteiger partial charge on any atom is -0.368 e. The molecule has 1 aromatic heterocycles. The second-order valence-corrected chi connectivity index (χ2v) is 6.36. The molecule has 6 heteroatoms. The molecule has 0 saturated carbocycles. The van der Waals surface area contributed by atoms with Gasteiger partial charge in [-0.25, -0.2) is 4.98 Å².